The second-order valence-corrected chi connectivity index (χ2v) is 3.52. The van der Waals surface area contributed by atoms with Gasteiger partial charge in [0.25, 0.3) is 0 Å². The Morgan fingerprint density at radius 3 is 2.57 bits per heavy atom. The summed E-state index contributed by atoms with van der Waals surface area (Å²) in [6, 6.07) is 0. The highest BCUT2D eigenvalue weighted by Gasteiger charge is 2.08. The van der Waals surface area contributed by atoms with Crippen LogP contribution in [-0.4, -0.2) is 50.8 Å². The zero-order valence-electron chi connectivity index (χ0n) is 9.58. The maximum absolute atomic E-state index is 11.4. The molecule has 0 fully saturated rings. The molecule has 0 aliphatic carbocycles. The first-order chi connectivity index (χ1) is 6.57. The number of hydrogen-bond donors (Lipinski definition) is 0. The van der Waals surface area contributed by atoms with Gasteiger partial charge in [0.1, 0.15) is 6.61 Å². The number of hydrogen-bond acceptors (Lipinski definition) is 3. The summed E-state index contributed by atoms with van der Waals surface area (Å²) in [7, 11) is 3.44. The molecule has 0 aliphatic rings. The quantitative estimate of drug-likeness (QED) is 0.577. The van der Waals surface area contributed by atoms with Gasteiger partial charge in [-0.25, -0.2) is 0 Å². The van der Waals surface area contributed by atoms with Gasteiger partial charge in [0.05, 0.1) is 6.10 Å². The van der Waals surface area contributed by atoms with Gasteiger partial charge in [-0.1, -0.05) is 0 Å². The first-order valence-electron chi connectivity index (χ1n) is 4.92. The van der Waals surface area contributed by atoms with E-state index in [1.165, 1.54) is 0 Å². The average Bonchev–Trinajstić information content (AvgIpc) is 2.14. The van der Waals surface area contributed by atoms with Gasteiger partial charge in [0.2, 0.25) is 5.91 Å². The number of likely N-dealkylation sites (N-methyl/N-ethyl adjacent to an activating group) is 1. The van der Waals surface area contributed by atoms with Crippen molar-refractivity contribution in [2.45, 2.75) is 26.4 Å². The van der Waals surface area contributed by atoms with Gasteiger partial charge in [-0.05, 0) is 20.3 Å². The maximum Gasteiger partial charge on any atom is 0.248 e. The molecule has 0 heterocycles. The van der Waals surface area contributed by atoms with Crippen molar-refractivity contribution in [3.05, 3.63) is 0 Å². The first kappa shape index (κ1) is 13.4. The summed E-state index contributed by atoms with van der Waals surface area (Å²) in [5, 5.41) is 0. The predicted octanol–water partition coefficient (Wildman–Crippen LogP) is 0.906. The molecular weight excluding hydrogens is 182 g/mol. The van der Waals surface area contributed by atoms with Crippen LogP contribution in [0.25, 0.3) is 0 Å². The zero-order valence-corrected chi connectivity index (χ0v) is 9.58. The van der Waals surface area contributed by atoms with E-state index >= 15 is 0 Å². The van der Waals surface area contributed by atoms with Crippen LogP contribution in [0.15, 0.2) is 0 Å². The minimum absolute atomic E-state index is 0.0230. The number of carbonyl (C=O) groups excluding carboxylic acids is 1. The lowest BCUT2D eigenvalue weighted by Gasteiger charge is -2.17. The van der Waals surface area contributed by atoms with Crippen molar-refractivity contribution in [3.63, 3.8) is 0 Å². The summed E-state index contributed by atoms with van der Waals surface area (Å²) < 4.78 is 10.1. The summed E-state index contributed by atoms with van der Waals surface area (Å²) >= 11 is 0. The van der Waals surface area contributed by atoms with Gasteiger partial charge in [0.15, 0.2) is 0 Å². The molecule has 0 bridgehead atoms. The third kappa shape index (κ3) is 6.86. The largest absolute Gasteiger partial charge is 0.385 e. The van der Waals surface area contributed by atoms with Crippen LogP contribution in [0.5, 0.6) is 0 Å². The van der Waals surface area contributed by atoms with E-state index in [2.05, 4.69) is 0 Å². The summed E-state index contributed by atoms with van der Waals surface area (Å²) in [6.45, 7) is 5.40. The zero-order chi connectivity index (χ0) is 11.0. The van der Waals surface area contributed by atoms with Crippen molar-refractivity contribution in [3.8, 4) is 0 Å². The molecule has 0 N–H and O–H groups in total. The Kier molecular flexibility index (Phi) is 7.42. The number of carbonyl (C=O) groups is 1. The number of nitrogens with zero attached hydrogens (tertiary/aromatic N) is 1. The van der Waals surface area contributed by atoms with E-state index in [9.17, 15) is 4.79 Å². The van der Waals surface area contributed by atoms with Gasteiger partial charge in [0, 0.05) is 27.3 Å². The lowest BCUT2D eigenvalue weighted by Crippen LogP contribution is -2.32. The molecule has 14 heavy (non-hydrogen) atoms. The van der Waals surface area contributed by atoms with Crippen molar-refractivity contribution >= 4 is 5.91 Å². The number of rotatable bonds is 7. The standard InChI is InChI=1S/C10H21NO3/c1-9(2)14-8-10(12)11(3)6-5-7-13-4/h9H,5-8H2,1-4H3. The van der Waals surface area contributed by atoms with E-state index in [1.807, 2.05) is 13.8 Å². The lowest BCUT2D eigenvalue weighted by atomic mass is 10.4. The van der Waals surface area contributed by atoms with E-state index in [0.717, 1.165) is 6.42 Å². The predicted molar refractivity (Wildman–Crippen MR) is 55.2 cm³/mol. The molecule has 84 valence electrons. The molecule has 0 saturated carbocycles. The molecular formula is C10H21NO3. The SMILES string of the molecule is COCCCN(C)C(=O)COC(C)C. The number of ether oxygens (including phenoxy) is 2. The van der Waals surface area contributed by atoms with Gasteiger partial charge in [-0.3, -0.25) is 4.79 Å². The molecule has 0 aromatic rings. The summed E-state index contributed by atoms with van der Waals surface area (Å²) in [6.07, 6.45) is 0.965. The molecule has 4 nitrogen and oxygen atoms in total. The third-order valence-corrected chi connectivity index (χ3v) is 1.81. The van der Waals surface area contributed by atoms with Crippen LogP contribution in [0, 0.1) is 0 Å². The summed E-state index contributed by atoms with van der Waals surface area (Å²) in [4.78, 5) is 13.1. The van der Waals surface area contributed by atoms with E-state index in [1.54, 1.807) is 19.1 Å². The van der Waals surface area contributed by atoms with Gasteiger partial charge in [-0.15, -0.1) is 0 Å². The minimum Gasteiger partial charge on any atom is -0.385 e. The Morgan fingerprint density at radius 2 is 2.07 bits per heavy atom. The van der Waals surface area contributed by atoms with Crippen LogP contribution >= 0.6 is 0 Å². The Hall–Kier alpha value is -0.610. The van der Waals surface area contributed by atoms with Crippen molar-refractivity contribution in [2.24, 2.45) is 0 Å². The monoisotopic (exact) mass is 203 g/mol. The van der Waals surface area contributed by atoms with Crippen LogP contribution in [0.3, 0.4) is 0 Å². The van der Waals surface area contributed by atoms with Crippen LogP contribution in [0.4, 0.5) is 0 Å². The first-order valence-corrected chi connectivity index (χ1v) is 4.92. The number of amides is 1. The number of methoxy groups -OCH3 is 1. The summed E-state index contributed by atoms with van der Waals surface area (Å²) in [5.74, 6) is 0.0230. The van der Waals surface area contributed by atoms with Crippen molar-refractivity contribution in [2.75, 3.05) is 33.9 Å². The van der Waals surface area contributed by atoms with Gasteiger partial charge in [-0.2, -0.15) is 0 Å². The van der Waals surface area contributed by atoms with Crippen molar-refractivity contribution < 1.29 is 14.3 Å². The molecule has 0 aromatic heterocycles. The molecule has 0 spiro atoms. The van der Waals surface area contributed by atoms with Gasteiger partial charge >= 0.3 is 0 Å². The molecule has 0 unspecified atom stereocenters. The molecule has 0 radical (unpaired) electrons. The fraction of sp³-hybridized carbons (Fsp3) is 0.900. The van der Waals surface area contributed by atoms with E-state index in [0.29, 0.717) is 13.2 Å². The Morgan fingerprint density at radius 1 is 1.43 bits per heavy atom. The molecule has 0 saturated heterocycles. The summed E-state index contributed by atoms with van der Waals surface area (Å²) in [5.41, 5.74) is 0. The normalized spacial score (nSPS) is 10.6. The highest BCUT2D eigenvalue weighted by Crippen LogP contribution is 1.93. The van der Waals surface area contributed by atoms with E-state index in [-0.39, 0.29) is 18.6 Å². The van der Waals surface area contributed by atoms with E-state index < -0.39 is 0 Å². The molecule has 0 aliphatic heterocycles. The fourth-order valence-corrected chi connectivity index (χ4v) is 0.919. The Bertz CT molecular complexity index is 159. The van der Waals surface area contributed by atoms with Crippen LogP contribution < -0.4 is 0 Å². The lowest BCUT2D eigenvalue weighted by molar-refractivity contribution is -0.136. The minimum atomic E-state index is 0.0230. The Balaban J connectivity index is 3.54. The van der Waals surface area contributed by atoms with Crippen molar-refractivity contribution in [1.29, 1.82) is 0 Å². The average molecular weight is 203 g/mol. The topological polar surface area (TPSA) is 38.8 Å². The van der Waals surface area contributed by atoms with Crippen LogP contribution in [-0.2, 0) is 14.3 Å². The smallest absolute Gasteiger partial charge is 0.248 e. The molecule has 4 heteroatoms. The maximum atomic E-state index is 11.4. The van der Waals surface area contributed by atoms with Crippen molar-refractivity contribution in [1.82, 2.24) is 4.90 Å². The Labute approximate surface area is 86.2 Å². The molecule has 0 rings (SSSR count). The fourth-order valence-electron chi connectivity index (χ4n) is 0.919. The third-order valence-electron chi connectivity index (χ3n) is 1.81. The molecule has 1 amide bonds. The second kappa shape index (κ2) is 7.76. The van der Waals surface area contributed by atoms with Crippen LogP contribution in [0.1, 0.15) is 20.3 Å². The molecule has 0 aromatic carbocycles. The van der Waals surface area contributed by atoms with Crippen LogP contribution in [0.2, 0.25) is 0 Å². The molecule has 0 atom stereocenters. The highest BCUT2D eigenvalue weighted by molar-refractivity contribution is 5.77. The second-order valence-electron chi connectivity index (χ2n) is 3.52. The van der Waals surface area contributed by atoms with E-state index in [4.69, 9.17) is 9.47 Å². The highest BCUT2D eigenvalue weighted by atomic mass is 16.5. The van der Waals surface area contributed by atoms with Gasteiger partial charge < -0.3 is 14.4 Å².